The summed E-state index contributed by atoms with van der Waals surface area (Å²) in [4.78, 5) is 21.4. The molecule has 0 fully saturated rings. The number of aliphatic imine (C=N–C) groups is 1. The minimum absolute atomic E-state index is 0.0702. The van der Waals surface area contributed by atoms with Gasteiger partial charge in [0.2, 0.25) is 0 Å². The lowest BCUT2D eigenvalue weighted by Gasteiger charge is -2.16. The number of nitrogens with one attached hydrogen (secondary N) is 2. The molecule has 152 valence electrons. The van der Waals surface area contributed by atoms with Crippen molar-refractivity contribution in [3.8, 4) is 0 Å². The largest absolute Gasteiger partial charge is 0.462 e. The van der Waals surface area contributed by atoms with E-state index < -0.39 is 0 Å². The molecule has 1 heterocycles. The summed E-state index contributed by atoms with van der Waals surface area (Å²) in [6.07, 6.45) is 0.921. The minimum atomic E-state index is -0.313. The van der Waals surface area contributed by atoms with E-state index in [0.717, 1.165) is 18.0 Å². The Bertz CT molecular complexity index is 845. The van der Waals surface area contributed by atoms with Crippen LogP contribution in [0.3, 0.4) is 0 Å². The second-order valence-corrected chi connectivity index (χ2v) is 7.76. The van der Waals surface area contributed by atoms with Gasteiger partial charge in [0.15, 0.2) is 5.96 Å². The predicted molar refractivity (Wildman–Crippen MR) is 115 cm³/mol. The topological polar surface area (TPSA) is 75.6 Å². The number of esters is 1. The number of carbonyl (C=O) groups is 1. The van der Waals surface area contributed by atoms with Crippen LogP contribution in [0.5, 0.6) is 0 Å². The van der Waals surface area contributed by atoms with E-state index in [1.54, 1.807) is 14.0 Å². The number of ether oxygens (including phenoxy) is 1. The van der Waals surface area contributed by atoms with Crippen LogP contribution in [0.2, 0.25) is 0 Å². The van der Waals surface area contributed by atoms with Crippen molar-refractivity contribution >= 4 is 23.3 Å². The van der Waals surface area contributed by atoms with E-state index in [-0.39, 0.29) is 12.0 Å². The molecule has 0 aliphatic rings. The summed E-state index contributed by atoms with van der Waals surface area (Å²) in [5, 5.41) is 7.52. The number of rotatable bonds is 7. The highest BCUT2D eigenvalue weighted by Gasteiger charge is 2.20. The van der Waals surface area contributed by atoms with Gasteiger partial charge in [-0.1, -0.05) is 23.8 Å². The van der Waals surface area contributed by atoms with Gasteiger partial charge in [-0.05, 0) is 52.2 Å². The van der Waals surface area contributed by atoms with Crippen molar-refractivity contribution in [3.63, 3.8) is 0 Å². The zero-order valence-electron chi connectivity index (χ0n) is 17.5. The van der Waals surface area contributed by atoms with Gasteiger partial charge < -0.3 is 15.4 Å². The molecule has 0 aliphatic carbocycles. The first-order valence-electron chi connectivity index (χ1n) is 9.53. The molecule has 0 saturated heterocycles. The van der Waals surface area contributed by atoms with Crippen LogP contribution in [-0.2, 0) is 11.2 Å². The molecule has 6 nitrogen and oxygen atoms in total. The first kappa shape index (κ1) is 21.9. The molecule has 1 aromatic carbocycles. The maximum absolute atomic E-state index is 12.0. The highest BCUT2D eigenvalue weighted by atomic mass is 32.1. The molecule has 0 spiro atoms. The Balaban J connectivity index is 1.93. The van der Waals surface area contributed by atoms with Crippen molar-refractivity contribution in [2.45, 2.75) is 47.1 Å². The minimum Gasteiger partial charge on any atom is -0.462 e. The highest BCUT2D eigenvalue weighted by Crippen LogP contribution is 2.24. The number of nitrogens with zero attached hydrogens (tertiary/aromatic N) is 2. The maximum atomic E-state index is 12.0. The SMILES string of the molecule is CCOC(=O)c1sc(C(C)NC(=NC)NCCc2ccc(C)cc2C)nc1C. The van der Waals surface area contributed by atoms with Gasteiger partial charge in [0.25, 0.3) is 0 Å². The Labute approximate surface area is 171 Å². The van der Waals surface area contributed by atoms with Crippen molar-refractivity contribution in [2.24, 2.45) is 4.99 Å². The van der Waals surface area contributed by atoms with Crippen molar-refractivity contribution < 1.29 is 9.53 Å². The lowest BCUT2D eigenvalue weighted by Crippen LogP contribution is -2.39. The Morgan fingerprint density at radius 3 is 2.71 bits per heavy atom. The summed E-state index contributed by atoms with van der Waals surface area (Å²) in [6, 6.07) is 6.46. The van der Waals surface area contributed by atoms with E-state index in [0.29, 0.717) is 23.1 Å². The Kier molecular flexibility index (Phi) is 7.99. The van der Waals surface area contributed by atoms with E-state index in [1.165, 1.54) is 28.0 Å². The lowest BCUT2D eigenvalue weighted by atomic mass is 10.0. The molecule has 1 atom stereocenters. The van der Waals surface area contributed by atoms with Gasteiger partial charge in [0.05, 0.1) is 18.3 Å². The molecule has 7 heteroatoms. The predicted octanol–water partition coefficient (Wildman–Crippen LogP) is 3.71. The number of hydrogen-bond acceptors (Lipinski definition) is 5. The summed E-state index contributed by atoms with van der Waals surface area (Å²) in [5.41, 5.74) is 4.62. The lowest BCUT2D eigenvalue weighted by molar-refractivity contribution is 0.0531. The van der Waals surface area contributed by atoms with Crippen molar-refractivity contribution in [3.05, 3.63) is 50.5 Å². The summed E-state index contributed by atoms with van der Waals surface area (Å²) in [7, 11) is 1.75. The fraction of sp³-hybridized carbons (Fsp3) is 0.476. The van der Waals surface area contributed by atoms with Crippen LogP contribution in [0.4, 0.5) is 0 Å². The van der Waals surface area contributed by atoms with Gasteiger partial charge in [0, 0.05) is 13.6 Å². The first-order chi connectivity index (χ1) is 13.3. The van der Waals surface area contributed by atoms with Crippen LogP contribution >= 0.6 is 11.3 Å². The number of aromatic nitrogens is 1. The summed E-state index contributed by atoms with van der Waals surface area (Å²) in [6.45, 7) is 11.0. The number of benzene rings is 1. The zero-order chi connectivity index (χ0) is 20.7. The Morgan fingerprint density at radius 2 is 2.07 bits per heavy atom. The maximum Gasteiger partial charge on any atom is 0.350 e. The average Bonchev–Trinajstić information content (AvgIpc) is 3.04. The molecule has 2 aromatic rings. The number of aryl methyl sites for hydroxylation is 3. The van der Waals surface area contributed by atoms with E-state index in [1.807, 2.05) is 13.8 Å². The second kappa shape index (κ2) is 10.2. The molecule has 0 amide bonds. The smallest absolute Gasteiger partial charge is 0.350 e. The first-order valence-corrected chi connectivity index (χ1v) is 10.3. The molecular formula is C21H30N4O2S. The van der Waals surface area contributed by atoms with Crippen LogP contribution in [0.15, 0.2) is 23.2 Å². The quantitative estimate of drug-likeness (QED) is 0.419. The van der Waals surface area contributed by atoms with Crippen LogP contribution in [-0.4, -0.2) is 37.1 Å². The van der Waals surface area contributed by atoms with Crippen molar-refractivity contribution in [1.29, 1.82) is 0 Å². The Morgan fingerprint density at radius 1 is 1.32 bits per heavy atom. The third-order valence-electron chi connectivity index (χ3n) is 4.41. The summed E-state index contributed by atoms with van der Waals surface area (Å²) >= 11 is 1.36. The van der Waals surface area contributed by atoms with E-state index >= 15 is 0 Å². The normalized spacial score (nSPS) is 12.6. The van der Waals surface area contributed by atoms with Crippen LogP contribution in [0, 0.1) is 20.8 Å². The van der Waals surface area contributed by atoms with Crippen molar-refractivity contribution in [1.82, 2.24) is 15.6 Å². The molecular weight excluding hydrogens is 372 g/mol. The molecule has 0 radical (unpaired) electrons. The monoisotopic (exact) mass is 402 g/mol. The number of thiazole rings is 1. The molecule has 2 N–H and O–H groups in total. The van der Waals surface area contributed by atoms with Gasteiger partial charge in [0.1, 0.15) is 9.88 Å². The Hall–Kier alpha value is -2.41. The fourth-order valence-electron chi connectivity index (χ4n) is 2.89. The summed E-state index contributed by atoms with van der Waals surface area (Å²) in [5.74, 6) is 0.398. The third-order valence-corrected chi connectivity index (χ3v) is 5.73. The zero-order valence-corrected chi connectivity index (χ0v) is 18.4. The molecule has 0 aliphatic heterocycles. The number of hydrogen-bond donors (Lipinski definition) is 2. The molecule has 1 aromatic heterocycles. The van der Waals surface area contributed by atoms with E-state index in [9.17, 15) is 4.79 Å². The second-order valence-electron chi connectivity index (χ2n) is 6.73. The van der Waals surface area contributed by atoms with E-state index in [4.69, 9.17) is 4.74 Å². The average molecular weight is 403 g/mol. The van der Waals surface area contributed by atoms with Gasteiger partial charge >= 0.3 is 5.97 Å². The van der Waals surface area contributed by atoms with Crippen LogP contribution in [0.1, 0.15) is 57.0 Å². The summed E-state index contributed by atoms with van der Waals surface area (Å²) < 4.78 is 5.09. The number of guanidine groups is 1. The van der Waals surface area contributed by atoms with Gasteiger partial charge in [-0.3, -0.25) is 4.99 Å². The van der Waals surface area contributed by atoms with Crippen molar-refractivity contribution in [2.75, 3.05) is 20.2 Å². The number of carbonyl (C=O) groups excluding carboxylic acids is 1. The molecule has 0 saturated carbocycles. The van der Waals surface area contributed by atoms with E-state index in [2.05, 4.69) is 52.7 Å². The van der Waals surface area contributed by atoms with Gasteiger partial charge in [-0.15, -0.1) is 11.3 Å². The highest BCUT2D eigenvalue weighted by molar-refractivity contribution is 7.13. The molecule has 1 unspecified atom stereocenters. The fourth-order valence-corrected chi connectivity index (χ4v) is 3.85. The third kappa shape index (κ3) is 5.79. The standard InChI is InChI=1S/C21H30N4O2S/c1-7-27-20(26)18-15(4)24-19(28-18)16(5)25-21(22-6)23-11-10-17-9-8-13(2)12-14(17)3/h8-9,12,16H,7,10-11H2,1-6H3,(H2,22,23,25). The molecule has 2 rings (SSSR count). The van der Waals surface area contributed by atoms with Gasteiger partial charge in [-0.2, -0.15) is 0 Å². The molecule has 0 bridgehead atoms. The van der Waals surface area contributed by atoms with Crippen LogP contribution in [0.25, 0.3) is 0 Å². The molecule has 28 heavy (non-hydrogen) atoms. The van der Waals surface area contributed by atoms with Crippen LogP contribution < -0.4 is 10.6 Å². The van der Waals surface area contributed by atoms with Gasteiger partial charge in [-0.25, -0.2) is 9.78 Å².